The third-order valence-corrected chi connectivity index (χ3v) is 3.74. The van der Waals surface area contributed by atoms with E-state index in [1.54, 1.807) is 6.07 Å². The molecule has 0 bridgehead atoms. The maximum Gasteiger partial charge on any atom is 0.120 e. The summed E-state index contributed by atoms with van der Waals surface area (Å²) in [7, 11) is 0. The molecular formula is C11H16BrNO2. The second kappa shape index (κ2) is 4.96. The molecule has 0 aliphatic heterocycles. The lowest BCUT2D eigenvalue weighted by molar-refractivity contribution is 0.275. The summed E-state index contributed by atoms with van der Waals surface area (Å²) in [6.45, 7) is 3.84. The zero-order chi connectivity index (χ0) is 11.6. The average molecular weight is 274 g/mol. The van der Waals surface area contributed by atoms with Crippen molar-refractivity contribution in [2.75, 3.05) is 6.61 Å². The standard InChI is InChI=1S/C11H16BrNO2/c1-6-5-9(15)10(7(2)11(6)12)8(13)3-4-14/h5,8,14-15H,3-4,13H2,1-2H3/t8-/m1/s1. The molecule has 0 aliphatic carbocycles. The average Bonchev–Trinajstić information content (AvgIpc) is 2.15. The summed E-state index contributed by atoms with van der Waals surface area (Å²) in [5, 5.41) is 18.6. The van der Waals surface area contributed by atoms with Gasteiger partial charge in [-0.05, 0) is 37.5 Å². The van der Waals surface area contributed by atoms with Gasteiger partial charge in [0.2, 0.25) is 0 Å². The molecule has 4 heteroatoms. The van der Waals surface area contributed by atoms with Crippen LogP contribution in [0.15, 0.2) is 10.5 Å². The molecule has 4 N–H and O–H groups in total. The summed E-state index contributed by atoms with van der Waals surface area (Å²) < 4.78 is 0.962. The molecule has 0 spiro atoms. The fourth-order valence-corrected chi connectivity index (χ4v) is 2.03. The Labute approximate surface area is 98.1 Å². The van der Waals surface area contributed by atoms with Gasteiger partial charge >= 0.3 is 0 Å². The third-order valence-electron chi connectivity index (χ3n) is 2.52. The van der Waals surface area contributed by atoms with Gasteiger partial charge in [0.25, 0.3) is 0 Å². The van der Waals surface area contributed by atoms with Crippen molar-refractivity contribution in [1.82, 2.24) is 0 Å². The van der Waals surface area contributed by atoms with Gasteiger partial charge in [-0.1, -0.05) is 15.9 Å². The lowest BCUT2D eigenvalue weighted by Crippen LogP contribution is -2.14. The van der Waals surface area contributed by atoms with Crippen LogP contribution in [-0.4, -0.2) is 16.8 Å². The fourth-order valence-electron chi connectivity index (χ4n) is 1.70. The monoisotopic (exact) mass is 273 g/mol. The molecule has 1 rings (SSSR count). The topological polar surface area (TPSA) is 66.5 Å². The van der Waals surface area contributed by atoms with Gasteiger partial charge in [-0.2, -0.15) is 0 Å². The van der Waals surface area contributed by atoms with E-state index < -0.39 is 0 Å². The molecule has 1 aromatic rings. The number of aliphatic hydroxyl groups is 1. The van der Waals surface area contributed by atoms with E-state index in [0.717, 1.165) is 15.6 Å². The minimum Gasteiger partial charge on any atom is -0.508 e. The number of rotatable bonds is 3. The van der Waals surface area contributed by atoms with Crippen LogP contribution < -0.4 is 5.73 Å². The molecule has 0 heterocycles. The summed E-state index contributed by atoms with van der Waals surface area (Å²) in [4.78, 5) is 0. The quantitative estimate of drug-likeness (QED) is 0.791. The molecule has 3 nitrogen and oxygen atoms in total. The number of phenolic OH excluding ortho intramolecular Hbond substituents is 1. The number of nitrogens with two attached hydrogens (primary N) is 1. The molecule has 15 heavy (non-hydrogen) atoms. The van der Waals surface area contributed by atoms with Crippen LogP contribution in [0.4, 0.5) is 0 Å². The number of benzene rings is 1. The molecule has 1 aromatic carbocycles. The first kappa shape index (κ1) is 12.5. The van der Waals surface area contributed by atoms with E-state index in [0.29, 0.717) is 12.0 Å². The van der Waals surface area contributed by atoms with Crippen LogP contribution in [0.25, 0.3) is 0 Å². The van der Waals surface area contributed by atoms with Crippen molar-refractivity contribution in [3.63, 3.8) is 0 Å². The molecule has 0 saturated carbocycles. The van der Waals surface area contributed by atoms with Crippen LogP contribution in [0.1, 0.15) is 29.2 Å². The minimum absolute atomic E-state index is 0.0194. The van der Waals surface area contributed by atoms with Gasteiger partial charge in [0, 0.05) is 22.7 Å². The first-order valence-corrected chi connectivity index (χ1v) is 5.63. The molecule has 0 radical (unpaired) electrons. The maximum atomic E-state index is 9.81. The highest BCUT2D eigenvalue weighted by molar-refractivity contribution is 9.10. The predicted molar refractivity (Wildman–Crippen MR) is 63.9 cm³/mol. The molecule has 84 valence electrons. The Kier molecular flexibility index (Phi) is 4.13. The Bertz CT molecular complexity index is 366. The van der Waals surface area contributed by atoms with Crippen molar-refractivity contribution in [2.45, 2.75) is 26.3 Å². The number of hydrogen-bond donors (Lipinski definition) is 3. The van der Waals surface area contributed by atoms with Crippen molar-refractivity contribution in [3.05, 3.63) is 27.2 Å². The van der Waals surface area contributed by atoms with Crippen LogP contribution in [0, 0.1) is 13.8 Å². The molecule has 0 unspecified atom stereocenters. The lowest BCUT2D eigenvalue weighted by atomic mass is 9.96. The Morgan fingerprint density at radius 2 is 2.07 bits per heavy atom. The van der Waals surface area contributed by atoms with Crippen molar-refractivity contribution in [2.24, 2.45) is 5.73 Å². The number of phenols is 1. The summed E-state index contributed by atoms with van der Waals surface area (Å²) in [5.41, 5.74) is 8.51. The van der Waals surface area contributed by atoms with E-state index in [2.05, 4.69) is 15.9 Å². The van der Waals surface area contributed by atoms with Gasteiger partial charge in [-0.15, -0.1) is 0 Å². The number of halogens is 1. The van der Waals surface area contributed by atoms with E-state index in [-0.39, 0.29) is 18.4 Å². The summed E-state index contributed by atoms with van der Waals surface area (Å²) >= 11 is 3.45. The summed E-state index contributed by atoms with van der Waals surface area (Å²) in [5.74, 6) is 0.203. The number of hydrogen-bond acceptors (Lipinski definition) is 3. The van der Waals surface area contributed by atoms with E-state index in [1.165, 1.54) is 0 Å². The van der Waals surface area contributed by atoms with Gasteiger partial charge in [0.05, 0.1) is 0 Å². The molecule has 0 aromatic heterocycles. The van der Waals surface area contributed by atoms with E-state index >= 15 is 0 Å². The third kappa shape index (κ3) is 2.51. The largest absolute Gasteiger partial charge is 0.508 e. The predicted octanol–water partition coefficient (Wildman–Crippen LogP) is 2.15. The van der Waals surface area contributed by atoms with Gasteiger partial charge in [-0.3, -0.25) is 0 Å². The molecule has 0 saturated heterocycles. The number of aliphatic hydroxyl groups excluding tert-OH is 1. The first-order valence-electron chi connectivity index (χ1n) is 4.84. The normalized spacial score (nSPS) is 12.9. The van der Waals surface area contributed by atoms with Crippen LogP contribution in [0.5, 0.6) is 5.75 Å². The van der Waals surface area contributed by atoms with Crippen LogP contribution >= 0.6 is 15.9 Å². The Balaban J connectivity index is 3.23. The van der Waals surface area contributed by atoms with Crippen molar-refractivity contribution < 1.29 is 10.2 Å². The molecule has 0 aliphatic rings. The van der Waals surface area contributed by atoms with Crippen molar-refractivity contribution in [1.29, 1.82) is 0 Å². The highest BCUT2D eigenvalue weighted by Gasteiger charge is 2.16. The second-order valence-electron chi connectivity index (χ2n) is 3.68. The molecule has 0 fully saturated rings. The Hall–Kier alpha value is -0.580. The molecule has 1 atom stereocenters. The minimum atomic E-state index is -0.327. The maximum absolute atomic E-state index is 9.81. The number of aryl methyl sites for hydroxylation is 1. The van der Waals surface area contributed by atoms with Crippen LogP contribution in [0.3, 0.4) is 0 Å². The number of aromatic hydroxyl groups is 1. The smallest absolute Gasteiger partial charge is 0.120 e. The van der Waals surface area contributed by atoms with Crippen molar-refractivity contribution in [3.8, 4) is 5.75 Å². The molecule has 0 amide bonds. The molecular weight excluding hydrogens is 258 g/mol. The highest BCUT2D eigenvalue weighted by atomic mass is 79.9. The zero-order valence-electron chi connectivity index (χ0n) is 8.92. The Morgan fingerprint density at radius 3 is 2.60 bits per heavy atom. The van der Waals surface area contributed by atoms with E-state index in [4.69, 9.17) is 10.8 Å². The Morgan fingerprint density at radius 1 is 1.47 bits per heavy atom. The van der Waals surface area contributed by atoms with Gasteiger partial charge in [0.15, 0.2) is 0 Å². The van der Waals surface area contributed by atoms with Crippen LogP contribution in [0.2, 0.25) is 0 Å². The van der Waals surface area contributed by atoms with E-state index in [9.17, 15) is 5.11 Å². The summed E-state index contributed by atoms with van der Waals surface area (Å²) in [6, 6.07) is 1.36. The van der Waals surface area contributed by atoms with Crippen LogP contribution in [-0.2, 0) is 0 Å². The first-order chi connectivity index (χ1) is 6.99. The highest BCUT2D eigenvalue weighted by Crippen LogP contribution is 2.35. The second-order valence-corrected chi connectivity index (χ2v) is 4.48. The fraction of sp³-hybridized carbons (Fsp3) is 0.455. The van der Waals surface area contributed by atoms with Crippen molar-refractivity contribution >= 4 is 15.9 Å². The SMILES string of the molecule is Cc1cc(O)c([C@H](N)CCO)c(C)c1Br. The summed E-state index contributed by atoms with van der Waals surface area (Å²) in [6.07, 6.45) is 0.448. The van der Waals surface area contributed by atoms with Gasteiger partial charge in [-0.25, -0.2) is 0 Å². The van der Waals surface area contributed by atoms with Gasteiger partial charge < -0.3 is 15.9 Å². The zero-order valence-corrected chi connectivity index (χ0v) is 10.5. The van der Waals surface area contributed by atoms with Gasteiger partial charge in [0.1, 0.15) is 5.75 Å². The van der Waals surface area contributed by atoms with E-state index in [1.807, 2.05) is 13.8 Å². The lowest BCUT2D eigenvalue weighted by Gasteiger charge is -2.17.